The average Bonchev–Trinajstić information content (AvgIpc) is 2.99. The van der Waals surface area contributed by atoms with Crippen LogP contribution in [0, 0.1) is 11.3 Å². The summed E-state index contributed by atoms with van der Waals surface area (Å²) in [6.45, 7) is 0.296. The number of aromatic nitrogens is 3. The van der Waals surface area contributed by atoms with E-state index in [9.17, 15) is 0 Å². The largest absolute Gasteiger partial charge is 0.484 e. The molecule has 0 aliphatic heterocycles. The van der Waals surface area contributed by atoms with E-state index in [0.29, 0.717) is 22.9 Å². The van der Waals surface area contributed by atoms with Crippen LogP contribution in [0.2, 0.25) is 5.02 Å². The minimum absolute atomic E-state index is 0.296. The van der Waals surface area contributed by atoms with Crippen LogP contribution in [0.1, 0.15) is 17.0 Å². The zero-order valence-corrected chi connectivity index (χ0v) is 15.1. The molecule has 0 amide bonds. The lowest BCUT2D eigenvalue weighted by Crippen LogP contribution is -2.04. The van der Waals surface area contributed by atoms with Gasteiger partial charge in [-0.15, -0.1) is 10.2 Å². The number of halogens is 1. The highest BCUT2D eigenvalue weighted by atomic mass is 35.5. The van der Waals surface area contributed by atoms with E-state index in [1.54, 1.807) is 17.8 Å². The molecule has 126 valence electrons. The van der Waals surface area contributed by atoms with Crippen LogP contribution < -0.4 is 4.74 Å². The zero-order valence-electron chi connectivity index (χ0n) is 13.5. The number of thioether (sulfide) groups is 1. The third kappa shape index (κ3) is 4.32. The summed E-state index contributed by atoms with van der Waals surface area (Å²) in [5, 5.41) is 18.6. The maximum Gasteiger partial charge on any atom is 0.191 e. The summed E-state index contributed by atoms with van der Waals surface area (Å²) >= 11 is 7.67. The minimum Gasteiger partial charge on any atom is -0.484 e. The lowest BCUT2D eigenvalue weighted by Gasteiger charge is -2.07. The van der Waals surface area contributed by atoms with E-state index in [0.717, 1.165) is 22.3 Å². The number of rotatable bonds is 6. The zero-order chi connectivity index (χ0) is 17.6. The van der Waals surface area contributed by atoms with Crippen molar-refractivity contribution in [3.05, 3.63) is 70.5 Å². The van der Waals surface area contributed by atoms with Gasteiger partial charge in [0, 0.05) is 12.8 Å². The number of hydrogen-bond donors (Lipinski definition) is 0. The van der Waals surface area contributed by atoms with Crippen molar-refractivity contribution in [3.63, 3.8) is 0 Å². The van der Waals surface area contributed by atoms with E-state index < -0.39 is 0 Å². The Morgan fingerprint density at radius 1 is 1.16 bits per heavy atom. The van der Waals surface area contributed by atoms with Gasteiger partial charge in [0.1, 0.15) is 12.4 Å². The van der Waals surface area contributed by atoms with Gasteiger partial charge in [0.05, 0.1) is 16.7 Å². The van der Waals surface area contributed by atoms with Gasteiger partial charge in [0.15, 0.2) is 11.0 Å². The van der Waals surface area contributed by atoms with Gasteiger partial charge < -0.3 is 9.30 Å². The molecule has 3 rings (SSSR count). The summed E-state index contributed by atoms with van der Waals surface area (Å²) in [6.07, 6.45) is 0. The standard InChI is InChI=1S/C18H15ClN4OS/c1-23-17(11-24-16-5-3-2-4-15(16)19)21-22-18(23)25-12-14-8-6-13(10-20)7-9-14/h2-9H,11-12H2,1H3. The first-order valence-electron chi connectivity index (χ1n) is 7.55. The van der Waals surface area contributed by atoms with Gasteiger partial charge >= 0.3 is 0 Å². The van der Waals surface area contributed by atoms with Gasteiger partial charge in [-0.05, 0) is 29.8 Å². The lowest BCUT2D eigenvalue weighted by molar-refractivity contribution is 0.290. The van der Waals surface area contributed by atoms with Gasteiger partial charge in [-0.3, -0.25) is 0 Å². The highest BCUT2D eigenvalue weighted by Gasteiger charge is 2.11. The van der Waals surface area contributed by atoms with Crippen molar-refractivity contribution in [2.24, 2.45) is 7.05 Å². The number of nitrogens with zero attached hydrogens (tertiary/aromatic N) is 4. The molecule has 0 spiro atoms. The van der Waals surface area contributed by atoms with E-state index in [-0.39, 0.29) is 0 Å². The monoisotopic (exact) mass is 370 g/mol. The smallest absolute Gasteiger partial charge is 0.191 e. The van der Waals surface area contributed by atoms with Crippen molar-refractivity contribution in [2.75, 3.05) is 0 Å². The van der Waals surface area contributed by atoms with E-state index in [4.69, 9.17) is 21.6 Å². The molecule has 3 aromatic rings. The Hall–Kier alpha value is -2.49. The molecule has 0 aliphatic carbocycles. The minimum atomic E-state index is 0.296. The molecule has 1 heterocycles. The Kier molecular flexibility index (Phi) is 5.59. The normalized spacial score (nSPS) is 10.4. The Labute approximate surface area is 155 Å². The average molecular weight is 371 g/mol. The van der Waals surface area contributed by atoms with Crippen molar-refractivity contribution in [1.29, 1.82) is 5.26 Å². The van der Waals surface area contributed by atoms with Crippen LogP contribution >= 0.6 is 23.4 Å². The summed E-state index contributed by atoms with van der Waals surface area (Å²) in [5.74, 6) is 2.10. The molecule has 7 heteroatoms. The molecule has 0 N–H and O–H groups in total. The predicted molar refractivity (Wildman–Crippen MR) is 97.5 cm³/mol. The molecule has 0 aliphatic rings. The lowest BCUT2D eigenvalue weighted by atomic mass is 10.2. The first-order chi connectivity index (χ1) is 12.2. The van der Waals surface area contributed by atoms with E-state index in [1.807, 2.05) is 54.1 Å². The van der Waals surface area contributed by atoms with Crippen molar-refractivity contribution in [3.8, 4) is 11.8 Å². The molecule has 0 atom stereocenters. The van der Waals surface area contributed by atoms with Crippen LogP contribution in [0.25, 0.3) is 0 Å². The Morgan fingerprint density at radius 2 is 1.92 bits per heavy atom. The highest BCUT2D eigenvalue weighted by Crippen LogP contribution is 2.25. The van der Waals surface area contributed by atoms with Crippen LogP contribution in [-0.4, -0.2) is 14.8 Å². The molecule has 0 saturated heterocycles. The van der Waals surface area contributed by atoms with E-state index in [1.165, 1.54) is 0 Å². The first-order valence-corrected chi connectivity index (χ1v) is 8.91. The molecule has 1 aromatic heterocycles. The summed E-state index contributed by atoms with van der Waals surface area (Å²) in [5.41, 5.74) is 1.78. The maximum atomic E-state index is 8.83. The van der Waals surface area contributed by atoms with Crippen molar-refractivity contribution in [1.82, 2.24) is 14.8 Å². The van der Waals surface area contributed by atoms with Crippen molar-refractivity contribution >= 4 is 23.4 Å². The van der Waals surface area contributed by atoms with Crippen LogP contribution in [0.15, 0.2) is 53.7 Å². The molecule has 0 saturated carbocycles. The molecule has 0 unspecified atom stereocenters. The summed E-state index contributed by atoms with van der Waals surface area (Å²) in [4.78, 5) is 0. The maximum absolute atomic E-state index is 8.83. The van der Waals surface area contributed by atoms with Crippen molar-refractivity contribution < 1.29 is 4.74 Å². The Bertz CT molecular complexity index is 902. The topological polar surface area (TPSA) is 63.7 Å². The fourth-order valence-corrected chi connectivity index (χ4v) is 3.20. The van der Waals surface area contributed by atoms with Crippen LogP contribution in [0.4, 0.5) is 0 Å². The van der Waals surface area contributed by atoms with Gasteiger partial charge in [-0.2, -0.15) is 5.26 Å². The third-order valence-corrected chi connectivity index (χ3v) is 4.97. The number of benzene rings is 2. The fraction of sp³-hybridized carbons (Fsp3) is 0.167. The van der Waals surface area contributed by atoms with Crippen LogP contribution in [0.5, 0.6) is 5.75 Å². The first kappa shape index (κ1) is 17.3. The molecule has 0 fully saturated rings. The summed E-state index contributed by atoms with van der Waals surface area (Å²) in [6, 6.07) is 17.0. The Morgan fingerprint density at radius 3 is 2.64 bits per heavy atom. The van der Waals surface area contributed by atoms with Gasteiger partial charge in [-0.1, -0.05) is 47.6 Å². The summed E-state index contributed by atoms with van der Waals surface area (Å²) < 4.78 is 7.62. The quantitative estimate of drug-likeness (QED) is 0.608. The molecule has 25 heavy (non-hydrogen) atoms. The van der Waals surface area contributed by atoms with Gasteiger partial charge in [0.2, 0.25) is 0 Å². The number of para-hydroxylation sites is 1. The highest BCUT2D eigenvalue weighted by molar-refractivity contribution is 7.98. The van der Waals surface area contributed by atoms with Crippen LogP contribution in [-0.2, 0) is 19.4 Å². The molecular weight excluding hydrogens is 356 g/mol. The second kappa shape index (κ2) is 8.06. The predicted octanol–water partition coefficient (Wildman–Crippen LogP) is 4.21. The van der Waals surface area contributed by atoms with Gasteiger partial charge in [-0.25, -0.2) is 0 Å². The molecule has 0 radical (unpaired) electrons. The van der Waals surface area contributed by atoms with Crippen LogP contribution in [0.3, 0.4) is 0 Å². The number of ether oxygens (including phenoxy) is 1. The summed E-state index contributed by atoms with van der Waals surface area (Å²) in [7, 11) is 1.91. The molecule has 2 aromatic carbocycles. The second-order valence-electron chi connectivity index (χ2n) is 5.27. The number of nitriles is 1. The van der Waals surface area contributed by atoms with E-state index in [2.05, 4.69) is 16.3 Å². The number of hydrogen-bond acceptors (Lipinski definition) is 5. The molecular formula is C18H15ClN4OS. The molecule has 5 nitrogen and oxygen atoms in total. The van der Waals surface area contributed by atoms with E-state index >= 15 is 0 Å². The molecule has 0 bridgehead atoms. The van der Waals surface area contributed by atoms with Gasteiger partial charge in [0.25, 0.3) is 0 Å². The van der Waals surface area contributed by atoms with Crippen molar-refractivity contribution in [2.45, 2.75) is 17.5 Å². The second-order valence-corrected chi connectivity index (χ2v) is 6.62. The Balaban J connectivity index is 1.60. The SMILES string of the molecule is Cn1c(COc2ccccc2Cl)nnc1SCc1ccc(C#N)cc1. The third-order valence-electron chi connectivity index (χ3n) is 3.57. The fourth-order valence-electron chi connectivity index (χ4n) is 2.12.